The number of hydrogen-bond donors (Lipinski definition) is 0. The standard InChI is InChI=1S/2C19H26BrN5O3Si/c2*1-6-28-19(26)16-15(20)17(25(23-16)12-27-7-8-29(3,4)5)14-9-13(2)18-21-11-22-24(18)10-14/h2*9-11H,6-8,12H2,1-5H3. The van der Waals surface area contributed by atoms with E-state index in [-0.39, 0.29) is 38.1 Å². The van der Waals surface area contributed by atoms with E-state index in [2.05, 4.69) is 102 Å². The zero-order valence-corrected chi connectivity index (χ0v) is 40.0. The van der Waals surface area contributed by atoms with Crippen LogP contribution in [0, 0.1) is 13.8 Å². The van der Waals surface area contributed by atoms with E-state index in [1.165, 1.54) is 12.7 Å². The average Bonchev–Trinajstić information content (AvgIpc) is 3.94. The largest absolute Gasteiger partial charge is 0.461 e. The van der Waals surface area contributed by atoms with Crippen molar-refractivity contribution in [2.45, 2.75) is 92.5 Å². The van der Waals surface area contributed by atoms with Crippen molar-refractivity contribution in [3.05, 3.63) is 68.6 Å². The lowest BCUT2D eigenvalue weighted by molar-refractivity contribution is 0.0500. The molecule has 6 heterocycles. The Morgan fingerprint density at radius 3 is 1.38 bits per heavy atom. The van der Waals surface area contributed by atoms with E-state index in [9.17, 15) is 9.59 Å². The molecule has 0 aliphatic heterocycles. The maximum Gasteiger partial charge on any atom is 0.360 e. The van der Waals surface area contributed by atoms with Gasteiger partial charge < -0.3 is 18.9 Å². The highest BCUT2D eigenvalue weighted by molar-refractivity contribution is 9.11. The van der Waals surface area contributed by atoms with Crippen molar-refractivity contribution in [2.24, 2.45) is 0 Å². The molecule has 0 atom stereocenters. The van der Waals surface area contributed by atoms with Gasteiger partial charge in [-0.25, -0.2) is 38.0 Å². The Kier molecular flexibility index (Phi) is 15.0. The normalized spacial score (nSPS) is 11.9. The van der Waals surface area contributed by atoms with Crippen LogP contribution in [-0.4, -0.2) is 103 Å². The molecule has 20 heteroatoms. The first-order valence-electron chi connectivity index (χ1n) is 19.1. The lowest BCUT2D eigenvalue weighted by atomic mass is 10.1. The number of hydrogen-bond acceptors (Lipinski definition) is 12. The molecular weight excluding hydrogens is 908 g/mol. The highest BCUT2D eigenvalue weighted by Crippen LogP contribution is 2.34. The molecule has 6 aromatic heterocycles. The maximum absolute atomic E-state index is 12.4. The summed E-state index contributed by atoms with van der Waals surface area (Å²) < 4.78 is 30.1. The Morgan fingerprint density at radius 2 is 1.03 bits per heavy atom. The third-order valence-electron chi connectivity index (χ3n) is 8.81. The van der Waals surface area contributed by atoms with Crippen LogP contribution in [0.1, 0.15) is 46.0 Å². The summed E-state index contributed by atoms with van der Waals surface area (Å²) in [5, 5.41) is 17.4. The van der Waals surface area contributed by atoms with Crippen LogP contribution in [0.2, 0.25) is 51.4 Å². The zero-order valence-electron chi connectivity index (χ0n) is 34.8. The number of carbonyl (C=O) groups excluding carboxylic acids is 2. The van der Waals surface area contributed by atoms with Gasteiger partial charge >= 0.3 is 11.9 Å². The van der Waals surface area contributed by atoms with Gasteiger partial charge in [0.05, 0.1) is 33.5 Å². The smallest absolute Gasteiger partial charge is 0.360 e. The molecule has 0 aliphatic carbocycles. The summed E-state index contributed by atoms with van der Waals surface area (Å²) in [6.45, 7) is 23.7. The maximum atomic E-state index is 12.4. The number of ether oxygens (including phenoxy) is 4. The predicted molar refractivity (Wildman–Crippen MR) is 233 cm³/mol. The van der Waals surface area contributed by atoms with Crippen LogP contribution < -0.4 is 0 Å². The van der Waals surface area contributed by atoms with Crippen LogP contribution in [0.15, 0.2) is 46.1 Å². The molecule has 0 aliphatic rings. The quantitative estimate of drug-likeness (QED) is 0.0518. The number of aryl methyl sites for hydroxylation is 2. The van der Waals surface area contributed by atoms with Crippen LogP contribution in [-0.2, 0) is 32.4 Å². The Morgan fingerprint density at radius 1 is 0.655 bits per heavy atom. The summed E-state index contributed by atoms with van der Waals surface area (Å²) in [7, 11) is -2.39. The SMILES string of the molecule is CCOC(=O)c1nn(COCC[Si](C)(C)C)c(-c2cc(C)c3ncnn3c2)c1Br.CCOC(=O)c1nn(COCC[Si](C)(C)C)c(-c2cc(C)c3ncnn3c2)c1Br. The molecule has 0 aromatic carbocycles. The Balaban J connectivity index is 0.000000221. The van der Waals surface area contributed by atoms with Gasteiger partial charge in [0.1, 0.15) is 26.1 Å². The average molecular weight is 961 g/mol. The molecule has 312 valence electrons. The molecular formula is C38H52Br2N10O6Si2. The third kappa shape index (κ3) is 11.1. The van der Waals surface area contributed by atoms with E-state index in [0.29, 0.717) is 22.2 Å². The van der Waals surface area contributed by atoms with Gasteiger partial charge in [-0.1, -0.05) is 39.3 Å². The van der Waals surface area contributed by atoms with Gasteiger partial charge in [0.25, 0.3) is 0 Å². The van der Waals surface area contributed by atoms with E-state index < -0.39 is 28.1 Å². The van der Waals surface area contributed by atoms with Gasteiger partial charge in [-0.05, 0) is 94.9 Å². The van der Waals surface area contributed by atoms with Crippen LogP contribution in [0.4, 0.5) is 0 Å². The second kappa shape index (κ2) is 19.3. The Bertz CT molecular complexity index is 2210. The molecule has 6 aromatic rings. The van der Waals surface area contributed by atoms with Gasteiger partial charge in [0, 0.05) is 52.9 Å². The number of fused-ring (bicyclic) bond motifs is 2. The first-order chi connectivity index (χ1) is 27.4. The van der Waals surface area contributed by atoms with Crippen LogP contribution in [0.3, 0.4) is 0 Å². The summed E-state index contributed by atoms with van der Waals surface area (Å²) in [6.07, 6.45) is 6.76. The zero-order chi connectivity index (χ0) is 42.4. The van der Waals surface area contributed by atoms with E-state index >= 15 is 0 Å². The van der Waals surface area contributed by atoms with Gasteiger partial charge in [-0.2, -0.15) is 20.4 Å². The fraction of sp³-hybridized carbons (Fsp3) is 0.474. The van der Waals surface area contributed by atoms with Crippen molar-refractivity contribution in [3.8, 4) is 22.5 Å². The summed E-state index contributed by atoms with van der Waals surface area (Å²) in [4.78, 5) is 33.3. The lowest BCUT2D eigenvalue weighted by Crippen LogP contribution is -2.22. The van der Waals surface area contributed by atoms with Crippen molar-refractivity contribution in [2.75, 3.05) is 26.4 Å². The lowest BCUT2D eigenvalue weighted by Gasteiger charge is -2.16. The van der Waals surface area contributed by atoms with Crippen LogP contribution in [0.5, 0.6) is 0 Å². The molecule has 0 fully saturated rings. The summed E-state index contributed by atoms with van der Waals surface area (Å²) >= 11 is 7.10. The van der Waals surface area contributed by atoms with Crippen molar-refractivity contribution in [3.63, 3.8) is 0 Å². The number of esters is 2. The van der Waals surface area contributed by atoms with Crippen LogP contribution >= 0.6 is 31.9 Å². The Labute approximate surface area is 356 Å². The van der Waals surface area contributed by atoms with Crippen LogP contribution in [0.25, 0.3) is 33.8 Å². The van der Waals surface area contributed by atoms with E-state index in [4.69, 9.17) is 18.9 Å². The number of carbonyl (C=O) groups is 2. The molecule has 0 unspecified atom stereocenters. The summed E-state index contributed by atoms with van der Waals surface area (Å²) in [6, 6.07) is 6.11. The van der Waals surface area contributed by atoms with Crippen molar-refractivity contribution < 1.29 is 28.5 Å². The molecule has 0 amide bonds. The van der Waals surface area contributed by atoms with E-state index in [1.54, 1.807) is 32.2 Å². The topological polar surface area (TPSA) is 167 Å². The molecule has 0 N–H and O–H groups in total. The first-order valence-corrected chi connectivity index (χ1v) is 28.1. The molecule has 0 saturated heterocycles. The molecule has 58 heavy (non-hydrogen) atoms. The minimum atomic E-state index is -1.19. The summed E-state index contributed by atoms with van der Waals surface area (Å²) in [5.74, 6) is -0.944. The second-order valence-electron chi connectivity index (χ2n) is 16.0. The van der Waals surface area contributed by atoms with Crippen molar-refractivity contribution in [1.82, 2.24) is 48.8 Å². The predicted octanol–water partition coefficient (Wildman–Crippen LogP) is 8.31. The van der Waals surface area contributed by atoms with Gasteiger partial charge in [-0.15, -0.1) is 0 Å². The fourth-order valence-electron chi connectivity index (χ4n) is 5.78. The number of pyridine rings is 2. The monoisotopic (exact) mass is 958 g/mol. The minimum Gasteiger partial charge on any atom is -0.461 e. The number of halogens is 2. The molecule has 6 rings (SSSR count). The highest BCUT2D eigenvalue weighted by Gasteiger charge is 2.26. The van der Waals surface area contributed by atoms with Crippen molar-refractivity contribution >= 4 is 71.2 Å². The van der Waals surface area contributed by atoms with E-state index in [1.807, 2.05) is 38.4 Å². The fourth-order valence-corrected chi connectivity index (χ4v) is 8.65. The molecule has 0 bridgehead atoms. The number of rotatable bonds is 16. The number of nitrogens with zero attached hydrogens (tertiary/aromatic N) is 10. The van der Waals surface area contributed by atoms with Gasteiger partial charge in [-0.3, -0.25) is 0 Å². The highest BCUT2D eigenvalue weighted by atomic mass is 79.9. The minimum absolute atomic E-state index is 0.229. The molecule has 0 radical (unpaired) electrons. The van der Waals surface area contributed by atoms with E-state index in [0.717, 1.165) is 57.0 Å². The Hall–Kier alpha value is -4.09. The number of aromatic nitrogens is 10. The third-order valence-corrected chi connectivity index (χ3v) is 13.7. The van der Waals surface area contributed by atoms with Gasteiger partial charge in [0.2, 0.25) is 0 Å². The molecule has 0 saturated carbocycles. The van der Waals surface area contributed by atoms with Crippen molar-refractivity contribution in [1.29, 1.82) is 0 Å². The molecule has 16 nitrogen and oxygen atoms in total. The molecule has 0 spiro atoms. The second-order valence-corrected chi connectivity index (χ2v) is 28.9. The first kappa shape index (κ1) is 45.0. The summed E-state index contributed by atoms with van der Waals surface area (Å²) in [5.41, 5.74) is 7.14. The van der Waals surface area contributed by atoms with Gasteiger partial charge in [0.15, 0.2) is 22.7 Å².